The lowest BCUT2D eigenvalue weighted by Gasteiger charge is -2.05. The van der Waals surface area contributed by atoms with Crippen molar-refractivity contribution in [2.75, 3.05) is 0 Å². The van der Waals surface area contributed by atoms with Gasteiger partial charge in [0.15, 0.2) is 0 Å². The van der Waals surface area contributed by atoms with Gasteiger partial charge in [-0.15, -0.1) is 5.10 Å². The fourth-order valence-corrected chi connectivity index (χ4v) is 1.17. The normalized spacial score (nSPS) is 10.9. The van der Waals surface area contributed by atoms with Gasteiger partial charge >= 0.3 is 0 Å². The van der Waals surface area contributed by atoms with Gasteiger partial charge in [-0.1, -0.05) is 14.5 Å². The van der Waals surface area contributed by atoms with Crippen LogP contribution in [0.1, 0.15) is 25.6 Å². The molecule has 0 N–H and O–H groups in total. The summed E-state index contributed by atoms with van der Waals surface area (Å²) in [5.74, 6) is 0. The molecule has 1 unspecified atom stereocenters. The Balaban J connectivity index is 3.05. The summed E-state index contributed by atoms with van der Waals surface area (Å²) >= 11 is 0. The zero-order valence-corrected chi connectivity index (χ0v) is 7.65. The van der Waals surface area contributed by atoms with Crippen molar-refractivity contribution in [2.24, 2.45) is 0 Å². The van der Waals surface area contributed by atoms with E-state index in [9.17, 15) is 0 Å². The maximum atomic E-state index is 3.96. The minimum Gasteiger partial charge on any atom is -0.243 e. The van der Waals surface area contributed by atoms with Crippen molar-refractivity contribution in [3.05, 3.63) is 5.69 Å². The summed E-state index contributed by atoms with van der Waals surface area (Å²) in [6.45, 7) is 6.12. The van der Waals surface area contributed by atoms with Gasteiger partial charge in [-0.2, -0.15) is 0 Å². The summed E-state index contributed by atoms with van der Waals surface area (Å²) in [5.41, 5.74) is 2.06. The standard InChI is InChI=1S/C6H12N3P/c1-4(2)9-6(10)5(3)7-8-9/h4H,10H2,1-3H3. The molecule has 0 spiro atoms. The second-order valence-electron chi connectivity index (χ2n) is 2.60. The molecular formula is C6H12N3P. The van der Waals surface area contributed by atoms with E-state index in [-0.39, 0.29) is 0 Å². The van der Waals surface area contributed by atoms with Crippen LogP contribution in [0.2, 0.25) is 0 Å². The number of hydrogen-bond donors (Lipinski definition) is 0. The second kappa shape index (κ2) is 2.67. The summed E-state index contributed by atoms with van der Waals surface area (Å²) < 4.78 is 1.89. The molecule has 0 bridgehead atoms. The molecule has 4 heteroatoms. The Hall–Kier alpha value is -0.430. The Morgan fingerprint density at radius 3 is 2.30 bits per heavy atom. The highest BCUT2D eigenvalue weighted by molar-refractivity contribution is 7.27. The average molecular weight is 157 g/mol. The molecule has 0 saturated carbocycles. The van der Waals surface area contributed by atoms with Crippen molar-refractivity contribution in [2.45, 2.75) is 26.8 Å². The second-order valence-corrected chi connectivity index (χ2v) is 3.15. The Morgan fingerprint density at radius 1 is 1.50 bits per heavy atom. The van der Waals surface area contributed by atoms with E-state index in [4.69, 9.17) is 0 Å². The first kappa shape index (κ1) is 7.67. The van der Waals surface area contributed by atoms with Crippen LogP contribution in [0, 0.1) is 6.92 Å². The van der Waals surface area contributed by atoms with E-state index >= 15 is 0 Å². The van der Waals surface area contributed by atoms with Gasteiger partial charge in [-0.3, -0.25) is 0 Å². The van der Waals surface area contributed by atoms with Crippen LogP contribution in [0.15, 0.2) is 0 Å². The predicted molar refractivity (Wildman–Crippen MR) is 44.5 cm³/mol. The first-order chi connectivity index (χ1) is 4.63. The third-order valence-electron chi connectivity index (χ3n) is 1.40. The van der Waals surface area contributed by atoms with Crippen molar-refractivity contribution < 1.29 is 0 Å². The van der Waals surface area contributed by atoms with E-state index in [1.165, 1.54) is 0 Å². The lowest BCUT2D eigenvalue weighted by molar-refractivity contribution is 0.526. The van der Waals surface area contributed by atoms with Crippen molar-refractivity contribution in [1.29, 1.82) is 0 Å². The lowest BCUT2D eigenvalue weighted by Crippen LogP contribution is -2.14. The summed E-state index contributed by atoms with van der Waals surface area (Å²) in [6, 6.07) is 0.397. The summed E-state index contributed by atoms with van der Waals surface area (Å²) in [5, 5.41) is 7.89. The van der Waals surface area contributed by atoms with Gasteiger partial charge in [-0.05, 0) is 20.8 Å². The van der Waals surface area contributed by atoms with Crippen LogP contribution in [-0.4, -0.2) is 15.0 Å². The zero-order chi connectivity index (χ0) is 7.72. The van der Waals surface area contributed by atoms with E-state index in [1.807, 2.05) is 11.6 Å². The molecule has 0 saturated heterocycles. The average Bonchev–Trinajstić information content (AvgIpc) is 2.14. The van der Waals surface area contributed by atoms with Crippen molar-refractivity contribution in [1.82, 2.24) is 15.0 Å². The molecule has 0 radical (unpaired) electrons. The molecule has 56 valence electrons. The minimum atomic E-state index is 0.397. The maximum Gasteiger partial charge on any atom is 0.0867 e. The molecule has 0 amide bonds. The largest absolute Gasteiger partial charge is 0.243 e. The van der Waals surface area contributed by atoms with Crippen molar-refractivity contribution >= 4 is 14.7 Å². The van der Waals surface area contributed by atoms with Crippen LogP contribution in [0.5, 0.6) is 0 Å². The van der Waals surface area contributed by atoms with E-state index in [1.54, 1.807) is 0 Å². The van der Waals surface area contributed by atoms with E-state index in [0.717, 1.165) is 11.1 Å². The lowest BCUT2D eigenvalue weighted by atomic mass is 10.4. The summed E-state index contributed by atoms with van der Waals surface area (Å²) in [4.78, 5) is 0. The van der Waals surface area contributed by atoms with Gasteiger partial charge in [0.25, 0.3) is 0 Å². The molecule has 1 rings (SSSR count). The number of rotatable bonds is 1. The molecule has 1 aromatic rings. The van der Waals surface area contributed by atoms with Crippen LogP contribution in [0.25, 0.3) is 0 Å². The Labute approximate surface area is 63.0 Å². The van der Waals surface area contributed by atoms with Gasteiger partial charge in [0.2, 0.25) is 0 Å². The first-order valence-electron chi connectivity index (χ1n) is 3.30. The number of nitrogens with zero attached hydrogens (tertiary/aromatic N) is 3. The molecule has 1 atom stereocenters. The molecule has 0 aliphatic rings. The highest BCUT2D eigenvalue weighted by Gasteiger charge is 2.05. The SMILES string of the molecule is Cc1nnn(C(C)C)c1P. The molecule has 10 heavy (non-hydrogen) atoms. The Bertz CT molecular complexity index is 229. The minimum absolute atomic E-state index is 0.397. The third-order valence-corrected chi connectivity index (χ3v) is 2.08. The van der Waals surface area contributed by atoms with Crippen molar-refractivity contribution in [3.8, 4) is 0 Å². The van der Waals surface area contributed by atoms with Crippen LogP contribution >= 0.6 is 9.24 Å². The van der Waals surface area contributed by atoms with E-state index in [0.29, 0.717) is 6.04 Å². The van der Waals surface area contributed by atoms with Gasteiger partial charge in [-0.25, -0.2) is 4.68 Å². The molecule has 0 fully saturated rings. The first-order valence-corrected chi connectivity index (χ1v) is 3.88. The molecule has 0 aliphatic heterocycles. The monoisotopic (exact) mass is 157 g/mol. The smallest absolute Gasteiger partial charge is 0.0867 e. The molecule has 1 heterocycles. The van der Waals surface area contributed by atoms with E-state index in [2.05, 4.69) is 33.4 Å². The Kier molecular flexibility index (Phi) is 2.05. The summed E-state index contributed by atoms with van der Waals surface area (Å²) in [6.07, 6.45) is 0. The highest BCUT2D eigenvalue weighted by Crippen LogP contribution is 2.02. The fraction of sp³-hybridized carbons (Fsp3) is 0.667. The van der Waals surface area contributed by atoms with Crippen molar-refractivity contribution in [3.63, 3.8) is 0 Å². The van der Waals surface area contributed by atoms with Crippen LogP contribution < -0.4 is 5.44 Å². The van der Waals surface area contributed by atoms with Gasteiger partial charge < -0.3 is 0 Å². The summed E-state index contributed by atoms with van der Waals surface area (Å²) in [7, 11) is 2.64. The number of hydrogen-bond acceptors (Lipinski definition) is 2. The molecule has 0 aliphatic carbocycles. The molecular weight excluding hydrogens is 145 g/mol. The highest BCUT2D eigenvalue weighted by atomic mass is 31.0. The fourth-order valence-electron chi connectivity index (χ4n) is 0.762. The molecule has 3 nitrogen and oxygen atoms in total. The quantitative estimate of drug-likeness (QED) is 0.561. The number of aromatic nitrogens is 3. The van der Waals surface area contributed by atoms with Gasteiger partial charge in [0.1, 0.15) is 0 Å². The van der Waals surface area contributed by atoms with Crippen LogP contribution in [0.4, 0.5) is 0 Å². The van der Waals surface area contributed by atoms with Crippen LogP contribution in [-0.2, 0) is 0 Å². The Morgan fingerprint density at radius 2 is 2.10 bits per heavy atom. The maximum absolute atomic E-state index is 3.96. The van der Waals surface area contributed by atoms with E-state index < -0.39 is 0 Å². The molecule has 0 aromatic carbocycles. The zero-order valence-electron chi connectivity index (χ0n) is 6.50. The molecule has 1 aromatic heterocycles. The van der Waals surface area contributed by atoms with Crippen LogP contribution in [0.3, 0.4) is 0 Å². The van der Waals surface area contributed by atoms with Gasteiger partial charge in [0, 0.05) is 6.04 Å². The number of aryl methyl sites for hydroxylation is 1. The van der Waals surface area contributed by atoms with Gasteiger partial charge in [0.05, 0.1) is 11.1 Å². The topological polar surface area (TPSA) is 30.7 Å². The predicted octanol–water partition coefficient (Wildman–Crippen LogP) is 0.668. The third kappa shape index (κ3) is 1.19.